The molecule has 1 aliphatic heterocycles. The summed E-state index contributed by atoms with van der Waals surface area (Å²) in [5.41, 5.74) is 5.86. The van der Waals surface area contributed by atoms with E-state index in [0.29, 0.717) is 10.6 Å². The lowest BCUT2D eigenvalue weighted by molar-refractivity contribution is -0.139. The van der Waals surface area contributed by atoms with E-state index in [0.717, 1.165) is 0 Å². The zero-order valence-corrected chi connectivity index (χ0v) is 11.9. The molecule has 112 valence electrons. The fraction of sp³-hybridized carbons (Fsp3) is 0.357. The van der Waals surface area contributed by atoms with E-state index in [9.17, 15) is 14.4 Å². The van der Waals surface area contributed by atoms with Crippen molar-refractivity contribution >= 4 is 29.4 Å². The number of nitrogens with zero attached hydrogens (tertiary/aromatic N) is 1. The van der Waals surface area contributed by atoms with Gasteiger partial charge in [-0.2, -0.15) is 0 Å². The Kier molecular flexibility index (Phi) is 4.47. The first-order valence-corrected chi connectivity index (χ1v) is 6.82. The van der Waals surface area contributed by atoms with Crippen molar-refractivity contribution in [3.05, 3.63) is 34.9 Å². The summed E-state index contributed by atoms with van der Waals surface area (Å²) in [5, 5.41) is 9.53. The molecule has 2 unspecified atom stereocenters. The lowest BCUT2D eigenvalue weighted by Crippen LogP contribution is -2.33. The summed E-state index contributed by atoms with van der Waals surface area (Å²) in [6.07, 6.45) is -0.233. The summed E-state index contributed by atoms with van der Waals surface area (Å²) in [7, 11) is 0. The number of hydrogen-bond donors (Lipinski definition) is 2. The summed E-state index contributed by atoms with van der Waals surface area (Å²) in [4.78, 5) is 35.8. The van der Waals surface area contributed by atoms with Crippen LogP contribution in [0.25, 0.3) is 0 Å². The standard InChI is InChI=1S/C14H15ClN2O4/c15-10-3-1-2-8(4-10)11(6-13(19)20)17-7-9(14(16)21)5-12(17)18/h1-4,9,11H,5-7H2,(H2,16,21)(H,19,20). The fourth-order valence-electron chi connectivity index (χ4n) is 2.51. The number of carboxylic acid groups (broad SMARTS) is 1. The van der Waals surface area contributed by atoms with Crippen LogP contribution in [-0.4, -0.2) is 34.3 Å². The number of carbonyl (C=O) groups excluding carboxylic acids is 2. The number of amides is 2. The van der Waals surface area contributed by atoms with E-state index in [1.54, 1.807) is 24.3 Å². The molecule has 0 aliphatic carbocycles. The van der Waals surface area contributed by atoms with E-state index in [-0.39, 0.29) is 25.3 Å². The molecule has 1 aliphatic rings. The molecule has 3 N–H and O–H groups in total. The molecule has 0 bridgehead atoms. The highest BCUT2D eigenvalue weighted by Gasteiger charge is 2.38. The zero-order chi connectivity index (χ0) is 15.6. The fourth-order valence-corrected chi connectivity index (χ4v) is 2.71. The van der Waals surface area contributed by atoms with Crippen LogP contribution in [0.15, 0.2) is 24.3 Å². The second kappa shape index (κ2) is 6.13. The number of rotatable bonds is 5. The average molecular weight is 311 g/mol. The first kappa shape index (κ1) is 15.3. The number of aliphatic carboxylic acids is 1. The maximum atomic E-state index is 12.1. The highest BCUT2D eigenvalue weighted by molar-refractivity contribution is 6.30. The molecule has 2 rings (SSSR count). The Labute approximate surface area is 126 Å². The maximum Gasteiger partial charge on any atom is 0.305 e. The third-order valence-electron chi connectivity index (χ3n) is 3.54. The van der Waals surface area contributed by atoms with Gasteiger partial charge in [-0.15, -0.1) is 0 Å². The summed E-state index contributed by atoms with van der Waals surface area (Å²) in [5.74, 6) is -2.43. The Morgan fingerprint density at radius 3 is 2.71 bits per heavy atom. The Balaban J connectivity index is 2.30. The van der Waals surface area contributed by atoms with Crippen molar-refractivity contribution in [1.29, 1.82) is 0 Å². The highest BCUT2D eigenvalue weighted by atomic mass is 35.5. The van der Waals surface area contributed by atoms with Crippen molar-refractivity contribution in [3.63, 3.8) is 0 Å². The molecule has 1 aromatic carbocycles. The third-order valence-corrected chi connectivity index (χ3v) is 3.77. The lowest BCUT2D eigenvalue weighted by Gasteiger charge is -2.27. The van der Waals surface area contributed by atoms with Gasteiger partial charge in [0, 0.05) is 18.0 Å². The summed E-state index contributed by atoms with van der Waals surface area (Å²) in [6, 6.07) is 6.04. The largest absolute Gasteiger partial charge is 0.481 e. The number of nitrogens with two attached hydrogens (primary N) is 1. The average Bonchev–Trinajstić information content (AvgIpc) is 2.78. The SMILES string of the molecule is NC(=O)C1CC(=O)N(C(CC(=O)O)c2cccc(Cl)c2)C1. The van der Waals surface area contributed by atoms with Crippen molar-refractivity contribution < 1.29 is 19.5 Å². The van der Waals surface area contributed by atoms with Crippen LogP contribution in [0.5, 0.6) is 0 Å². The molecule has 1 heterocycles. The number of halogens is 1. The second-order valence-electron chi connectivity index (χ2n) is 5.02. The van der Waals surface area contributed by atoms with Gasteiger partial charge in [-0.1, -0.05) is 23.7 Å². The van der Waals surface area contributed by atoms with Gasteiger partial charge in [-0.05, 0) is 17.7 Å². The molecule has 1 aromatic rings. The van der Waals surface area contributed by atoms with Crippen LogP contribution in [0.3, 0.4) is 0 Å². The quantitative estimate of drug-likeness (QED) is 0.853. The van der Waals surface area contributed by atoms with Crippen molar-refractivity contribution in [2.75, 3.05) is 6.54 Å². The topological polar surface area (TPSA) is 101 Å². The van der Waals surface area contributed by atoms with Crippen LogP contribution in [0.2, 0.25) is 5.02 Å². The van der Waals surface area contributed by atoms with Gasteiger partial charge in [0.15, 0.2) is 0 Å². The summed E-state index contributed by atoms with van der Waals surface area (Å²) >= 11 is 5.92. The van der Waals surface area contributed by atoms with Gasteiger partial charge >= 0.3 is 5.97 Å². The van der Waals surface area contributed by atoms with E-state index in [2.05, 4.69) is 0 Å². The zero-order valence-electron chi connectivity index (χ0n) is 11.2. The first-order chi connectivity index (χ1) is 9.88. The number of primary amides is 1. The Bertz CT molecular complexity index is 590. The smallest absolute Gasteiger partial charge is 0.305 e. The van der Waals surface area contributed by atoms with Gasteiger partial charge in [0.1, 0.15) is 0 Å². The van der Waals surface area contributed by atoms with Crippen molar-refractivity contribution in [2.45, 2.75) is 18.9 Å². The predicted octanol–water partition coefficient (Wildman–Crippen LogP) is 1.19. The van der Waals surface area contributed by atoms with Crippen LogP contribution in [0.4, 0.5) is 0 Å². The number of benzene rings is 1. The number of carbonyl (C=O) groups is 3. The molecule has 1 saturated heterocycles. The summed E-state index contributed by atoms with van der Waals surface area (Å²) in [6.45, 7) is 0.138. The molecule has 6 nitrogen and oxygen atoms in total. The van der Waals surface area contributed by atoms with Crippen LogP contribution in [0, 0.1) is 5.92 Å². The third kappa shape index (κ3) is 3.52. The Morgan fingerprint density at radius 2 is 2.19 bits per heavy atom. The molecule has 0 saturated carbocycles. The van der Waals surface area contributed by atoms with E-state index in [1.807, 2.05) is 0 Å². The predicted molar refractivity (Wildman–Crippen MR) is 75.5 cm³/mol. The van der Waals surface area contributed by atoms with Gasteiger partial charge in [-0.3, -0.25) is 14.4 Å². The summed E-state index contributed by atoms with van der Waals surface area (Å²) < 4.78 is 0. The molecule has 0 radical (unpaired) electrons. The van der Waals surface area contributed by atoms with Gasteiger partial charge in [0.2, 0.25) is 11.8 Å². The minimum Gasteiger partial charge on any atom is -0.481 e. The van der Waals surface area contributed by atoms with Crippen molar-refractivity contribution in [1.82, 2.24) is 4.90 Å². The first-order valence-electron chi connectivity index (χ1n) is 6.44. The van der Waals surface area contributed by atoms with Gasteiger partial charge < -0.3 is 15.7 Å². The molecule has 2 atom stereocenters. The maximum absolute atomic E-state index is 12.1. The molecule has 0 spiro atoms. The number of carboxylic acids is 1. The number of likely N-dealkylation sites (tertiary alicyclic amines) is 1. The minimum atomic E-state index is -1.03. The van der Waals surface area contributed by atoms with Crippen LogP contribution in [0.1, 0.15) is 24.4 Å². The van der Waals surface area contributed by atoms with E-state index in [4.69, 9.17) is 22.4 Å². The Morgan fingerprint density at radius 1 is 1.48 bits per heavy atom. The van der Waals surface area contributed by atoms with Gasteiger partial charge in [0.05, 0.1) is 18.4 Å². The highest BCUT2D eigenvalue weighted by Crippen LogP contribution is 2.32. The van der Waals surface area contributed by atoms with Gasteiger partial charge in [-0.25, -0.2) is 0 Å². The van der Waals surface area contributed by atoms with E-state index < -0.39 is 23.8 Å². The van der Waals surface area contributed by atoms with Crippen LogP contribution in [-0.2, 0) is 14.4 Å². The van der Waals surface area contributed by atoms with Crippen molar-refractivity contribution in [3.8, 4) is 0 Å². The molecule has 0 aromatic heterocycles. The molecular weight excluding hydrogens is 296 g/mol. The minimum absolute atomic E-state index is 0.0199. The van der Waals surface area contributed by atoms with Crippen LogP contribution < -0.4 is 5.73 Å². The monoisotopic (exact) mass is 310 g/mol. The molecule has 2 amide bonds. The van der Waals surface area contributed by atoms with Gasteiger partial charge in [0.25, 0.3) is 0 Å². The molecule has 21 heavy (non-hydrogen) atoms. The number of hydrogen-bond acceptors (Lipinski definition) is 3. The normalized spacial score (nSPS) is 19.6. The van der Waals surface area contributed by atoms with Crippen molar-refractivity contribution in [2.24, 2.45) is 11.7 Å². The lowest BCUT2D eigenvalue weighted by atomic mass is 10.0. The Hall–Kier alpha value is -2.08. The van der Waals surface area contributed by atoms with E-state index in [1.165, 1.54) is 4.90 Å². The molecular formula is C14H15ClN2O4. The van der Waals surface area contributed by atoms with E-state index >= 15 is 0 Å². The second-order valence-corrected chi connectivity index (χ2v) is 5.45. The van der Waals surface area contributed by atoms with Crippen LogP contribution >= 0.6 is 11.6 Å². The molecule has 7 heteroatoms. The molecule has 1 fully saturated rings.